The van der Waals surface area contributed by atoms with E-state index in [-0.39, 0.29) is 23.1 Å². The van der Waals surface area contributed by atoms with Gasteiger partial charge >= 0.3 is 5.97 Å². The van der Waals surface area contributed by atoms with E-state index in [0.717, 1.165) is 10.7 Å². The van der Waals surface area contributed by atoms with Gasteiger partial charge in [0.15, 0.2) is 5.82 Å². The minimum atomic E-state index is -1.54. The quantitative estimate of drug-likeness (QED) is 0.928. The van der Waals surface area contributed by atoms with E-state index >= 15 is 0 Å². The van der Waals surface area contributed by atoms with Crippen molar-refractivity contribution in [2.45, 2.75) is 13.5 Å². The lowest BCUT2D eigenvalue weighted by Crippen LogP contribution is -2.24. The number of hydrogen-bond donors (Lipinski definition) is 1. The van der Waals surface area contributed by atoms with Crippen LogP contribution in [0.4, 0.5) is 14.5 Å². The summed E-state index contributed by atoms with van der Waals surface area (Å²) in [5, 5.41) is 12.2. The first kappa shape index (κ1) is 14.9. The lowest BCUT2D eigenvalue weighted by Gasteiger charge is -2.17. The van der Waals surface area contributed by atoms with Crippen molar-refractivity contribution < 1.29 is 18.7 Å². The molecule has 1 N–H and O–H groups in total. The van der Waals surface area contributed by atoms with Crippen LogP contribution in [0.25, 0.3) is 10.9 Å². The lowest BCUT2D eigenvalue weighted by atomic mass is 10.1. The van der Waals surface area contributed by atoms with Gasteiger partial charge in [-0.1, -0.05) is 0 Å². The molecule has 6 nitrogen and oxygen atoms in total. The van der Waals surface area contributed by atoms with Crippen molar-refractivity contribution in [1.82, 2.24) is 9.78 Å². The van der Waals surface area contributed by atoms with Gasteiger partial charge in [-0.2, -0.15) is 5.10 Å². The van der Waals surface area contributed by atoms with Crippen molar-refractivity contribution in [3.05, 3.63) is 33.6 Å². The molecule has 2 rings (SSSR count). The Morgan fingerprint density at radius 2 is 2.05 bits per heavy atom. The van der Waals surface area contributed by atoms with Crippen LogP contribution in [-0.2, 0) is 6.54 Å². The van der Waals surface area contributed by atoms with Gasteiger partial charge in [0.25, 0.3) is 0 Å². The van der Waals surface area contributed by atoms with E-state index in [9.17, 15) is 18.4 Å². The number of benzene rings is 1. The predicted octanol–water partition coefficient (Wildman–Crippen LogP) is 1.46. The SMILES string of the molecule is CCn1nc(C(=O)O)c(=O)c2cc(F)c(N(C)C)c(F)c21. The standard InChI is InChI=1S/C13H13F2N3O3/c1-4-18-10-6(12(19)9(16-18)13(20)21)5-7(14)11(8(10)15)17(2)3/h5H,4H2,1-3H3,(H,20,21). The van der Waals surface area contributed by atoms with Crippen molar-refractivity contribution >= 4 is 22.6 Å². The minimum Gasteiger partial charge on any atom is -0.476 e. The molecule has 8 heteroatoms. The molecule has 1 heterocycles. The zero-order valence-electron chi connectivity index (χ0n) is 11.6. The van der Waals surface area contributed by atoms with E-state index in [1.54, 1.807) is 6.92 Å². The maximum Gasteiger partial charge on any atom is 0.360 e. The monoisotopic (exact) mass is 297 g/mol. The highest BCUT2D eigenvalue weighted by atomic mass is 19.1. The summed E-state index contributed by atoms with van der Waals surface area (Å²) in [5.74, 6) is -3.42. The Labute approximate surface area is 118 Å². The summed E-state index contributed by atoms with van der Waals surface area (Å²) in [7, 11) is 2.92. The van der Waals surface area contributed by atoms with E-state index in [2.05, 4.69) is 5.10 Å². The van der Waals surface area contributed by atoms with Crippen LogP contribution in [0.15, 0.2) is 10.9 Å². The Morgan fingerprint density at radius 3 is 2.52 bits per heavy atom. The van der Waals surface area contributed by atoms with Gasteiger partial charge in [0.1, 0.15) is 17.0 Å². The van der Waals surface area contributed by atoms with Gasteiger partial charge in [-0.15, -0.1) is 0 Å². The zero-order valence-corrected chi connectivity index (χ0v) is 11.6. The van der Waals surface area contributed by atoms with Gasteiger partial charge in [0, 0.05) is 20.6 Å². The first-order valence-electron chi connectivity index (χ1n) is 6.13. The number of rotatable bonds is 3. The molecule has 0 saturated heterocycles. The fraction of sp³-hybridized carbons (Fsp3) is 0.308. The van der Waals surface area contributed by atoms with Gasteiger partial charge in [0.2, 0.25) is 11.1 Å². The van der Waals surface area contributed by atoms with Crippen molar-refractivity contribution in [2.75, 3.05) is 19.0 Å². The third-order valence-corrected chi connectivity index (χ3v) is 3.06. The number of hydrogen-bond acceptors (Lipinski definition) is 4. The van der Waals surface area contributed by atoms with Crippen molar-refractivity contribution in [3.63, 3.8) is 0 Å². The molecule has 1 aromatic heterocycles. The van der Waals surface area contributed by atoms with Gasteiger partial charge in [0.05, 0.1) is 5.39 Å². The topological polar surface area (TPSA) is 75.4 Å². The Morgan fingerprint density at radius 1 is 1.43 bits per heavy atom. The number of carboxylic acid groups (broad SMARTS) is 1. The van der Waals surface area contributed by atoms with Gasteiger partial charge in [-0.3, -0.25) is 9.48 Å². The average molecular weight is 297 g/mol. The van der Waals surface area contributed by atoms with Crippen LogP contribution in [-0.4, -0.2) is 35.0 Å². The van der Waals surface area contributed by atoms with Crippen LogP contribution in [0, 0.1) is 11.6 Å². The molecular formula is C13H13F2N3O3. The van der Waals surface area contributed by atoms with Crippen molar-refractivity contribution in [3.8, 4) is 0 Å². The maximum absolute atomic E-state index is 14.5. The van der Waals surface area contributed by atoms with Crippen LogP contribution in [0.1, 0.15) is 17.4 Å². The molecule has 0 aliphatic rings. The smallest absolute Gasteiger partial charge is 0.360 e. The summed E-state index contributed by atoms with van der Waals surface area (Å²) in [6, 6.07) is 0.844. The first-order chi connectivity index (χ1) is 9.79. The number of nitrogens with zero attached hydrogens (tertiary/aromatic N) is 3. The molecule has 112 valence electrons. The van der Waals surface area contributed by atoms with Crippen molar-refractivity contribution in [1.29, 1.82) is 0 Å². The summed E-state index contributed by atoms with van der Waals surface area (Å²) in [6.45, 7) is 1.74. The molecule has 2 aromatic rings. The minimum absolute atomic E-state index is 0.131. The number of aromatic nitrogens is 2. The molecular weight excluding hydrogens is 284 g/mol. The van der Waals surface area contributed by atoms with Crippen LogP contribution in [0.5, 0.6) is 0 Å². The molecule has 1 aromatic carbocycles. The highest BCUT2D eigenvalue weighted by Crippen LogP contribution is 2.28. The molecule has 0 fully saturated rings. The number of fused-ring (bicyclic) bond motifs is 1. The molecule has 21 heavy (non-hydrogen) atoms. The largest absolute Gasteiger partial charge is 0.476 e. The summed E-state index contributed by atoms with van der Waals surface area (Å²) < 4.78 is 29.5. The normalized spacial score (nSPS) is 10.9. The molecule has 0 atom stereocenters. The molecule has 0 aliphatic carbocycles. The number of halogens is 2. The molecule has 0 radical (unpaired) electrons. The molecule has 0 aliphatic heterocycles. The van der Waals surface area contributed by atoms with Crippen LogP contribution < -0.4 is 10.3 Å². The fourth-order valence-electron chi connectivity index (χ4n) is 2.15. The Balaban J connectivity index is 3.05. The lowest BCUT2D eigenvalue weighted by molar-refractivity contribution is 0.0686. The third kappa shape index (κ3) is 2.22. The third-order valence-electron chi connectivity index (χ3n) is 3.06. The Kier molecular flexibility index (Phi) is 3.63. The number of aryl methyl sites for hydroxylation is 1. The van der Waals surface area contributed by atoms with E-state index in [0.29, 0.717) is 0 Å². The maximum atomic E-state index is 14.5. The average Bonchev–Trinajstić information content (AvgIpc) is 2.39. The van der Waals surface area contributed by atoms with E-state index in [1.807, 2.05) is 0 Å². The summed E-state index contributed by atoms with van der Waals surface area (Å²) in [5.41, 5.74) is -2.29. The second kappa shape index (κ2) is 5.12. The molecule has 0 unspecified atom stereocenters. The number of carbonyl (C=O) groups is 1. The molecule has 0 amide bonds. The van der Waals surface area contributed by atoms with Crippen LogP contribution >= 0.6 is 0 Å². The van der Waals surface area contributed by atoms with Gasteiger partial charge < -0.3 is 10.0 Å². The Hall–Kier alpha value is -2.51. The van der Waals surface area contributed by atoms with Crippen LogP contribution in [0.3, 0.4) is 0 Å². The Bertz CT molecular complexity index is 800. The molecule has 0 bridgehead atoms. The second-order valence-electron chi connectivity index (χ2n) is 4.61. The fourth-order valence-corrected chi connectivity index (χ4v) is 2.15. The first-order valence-corrected chi connectivity index (χ1v) is 6.13. The summed E-state index contributed by atoms with van der Waals surface area (Å²) in [6.07, 6.45) is 0. The number of carboxylic acids is 1. The molecule has 0 spiro atoms. The van der Waals surface area contributed by atoms with Crippen molar-refractivity contribution in [2.24, 2.45) is 0 Å². The van der Waals surface area contributed by atoms with Crippen LogP contribution in [0.2, 0.25) is 0 Å². The summed E-state index contributed by atoms with van der Waals surface area (Å²) in [4.78, 5) is 24.3. The number of anilines is 1. The van der Waals surface area contributed by atoms with E-state index < -0.39 is 28.7 Å². The summed E-state index contributed by atoms with van der Waals surface area (Å²) >= 11 is 0. The highest BCUT2D eigenvalue weighted by molar-refractivity contribution is 5.91. The predicted molar refractivity (Wildman–Crippen MR) is 72.9 cm³/mol. The van der Waals surface area contributed by atoms with Gasteiger partial charge in [-0.25, -0.2) is 13.6 Å². The number of aromatic carboxylic acids is 1. The zero-order chi connectivity index (χ0) is 15.9. The second-order valence-corrected chi connectivity index (χ2v) is 4.61. The van der Waals surface area contributed by atoms with Gasteiger partial charge in [-0.05, 0) is 13.0 Å². The van der Waals surface area contributed by atoms with E-state index in [4.69, 9.17) is 5.11 Å². The highest BCUT2D eigenvalue weighted by Gasteiger charge is 2.23. The molecule has 0 saturated carbocycles. The van der Waals surface area contributed by atoms with E-state index in [1.165, 1.54) is 19.0 Å².